The largest absolute Gasteiger partial charge is 0.399 e. The van der Waals surface area contributed by atoms with E-state index >= 15 is 0 Å². The average molecular weight is 265 g/mol. The van der Waals surface area contributed by atoms with Gasteiger partial charge in [-0.2, -0.15) is 0 Å². The highest BCUT2D eigenvalue weighted by Gasteiger charge is 2.13. The fourth-order valence-electron chi connectivity index (χ4n) is 2.51. The van der Waals surface area contributed by atoms with Crippen molar-refractivity contribution in [3.63, 3.8) is 0 Å². The summed E-state index contributed by atoms with van der Waals surface area (Å²) in [5.74, 6) is 1.65. The number of fused-ring (bicyclic) bond motifs is 1. The molecule has 2 aromatic carbocycles. The number of hydrogen-bond donors (Lipinski definition) is 1. The third-order valence-corrected chi connectivity index (χ3v) is 3.35. The number of aromatic nitrogens is 2. The highest BCUT2D eigenvalue weighted by molar-refractivity contribution is 5.81. The second-order valence-electron chi connectivity index (χ2n) is 5.55. The van der Waals surface area contributed by atoms with Gasteiger partial charge in [-0.3, -0.25) is 4.57 Å². The van der Waals surface area contributed by atoms with E-state index in [1.165, 1.54) is 0 Å². The van der Waals surface area contributed by atoms with Crippen molar-refractivity contribution in [3.05, 3.63) is 54.4 Å². The van der Waals surface area contributed by atoms with Crippen molar-refractivity contribution in [3.8, 4) is 5.69 Å². The molecule has 20 heavy (non-hydrogen) atoms. The molecule has 0 spiro atoms. The number of anilines is 1. The van der Waals surface area contributed by atoms with E-state index in [2.05, 4.69) is 48.7 Å². The molecule has 3 rings (SSSR count). The van der Waals surface area contributed by atoms with Crippen LogP contribution in [0.1, 0.15) is 19.7 Å². The summed E-state index contributed by atoms with van der Waals surface area (Å²) in [5.41, 5.74) is 9.85. The molecule has 2 N–H and O–H groups in total. The molecule has 0 unspecified atom stereocenters. The molecule has 0 atom stereocenters. The second-order valence-corrected chi connectivity index (χ2v) is 5.55. The molecule has 3 heteroatoms. The lowest BCUT2D eigenvalue weighted by Gasteiger charge is -2.10. The van der Waals surface area contributed by atoms with Crippen LogP contribution in [0.5, 0.6) is 0 Å². The van der Waals surface area contributed by atoms with Gasteiger partial charge in [0.25, 0.3) is 0 Å². The van der Waals surface area contributed by atoms with Crippen molar-refractivity contribution in [2.24, 2.45) is 5.92 Å². The Morgan fingerprint density at radius 3 is 2.55 bits per heavy atom. The minimum Gasteiger partial charge on any atom is -0.399 e. The maximum absolute atomic E-state index is 5.87. The Kier molecular flexibility index (Phi) is 3.18. The van der Waals surface area contributed by atoms with Crippen LogP contribution in [0, 0.1) is 5.92 Å². The first-order valence-electron chi connectivity index (χ1n) is 6.97. The first-order chi connectivity index (χ1) is 9.65. The number of rotatable bonds is 3. The Hall–Kier alpha value is -2.29. The van der Waals surface area contributed by atoms with E-state index in [9.17, 15) is 0 Å². The Morgan fingerprint density at radius 1 is 1.10 bits per heavy atom. The summed E-state index contributed by atoms with van der Waals surface area (Å²) in [6, 6.07) is 16.3. The van der Waals surface area contributed by atoms with Crippen molar-refractivity contribution in [2.75, 3.05) is 5.73 Å². The first kappa shape index (κ1) is 12.7. The molecule has 1 heterocycles. The maximum Gasteiger partial charge on any atom is 0.114 e. The zero-order valence-electron chi connectivity index (χ0n) is 11.9. The summed E-state index contributed by atoms with van der Waals surface area (Å²) < 4.78 is 2.23. The fourth-order valence-corrected chi connectivity index (χ4v) is 2.51. The second kappa shape index (κ2) is 5.00. The van der Waals surface area contributed by atoms with Gasteiger partial charge in [0, 0.05) is 17.8 Å². The van der Waals surface area contributed by atoms with Crippen LogP contribution in [0.2, 0.25) is 0 Å². The molecule has 0 amide bonds. The van der Waals surface area contributed by atoms with E-state index in [4.69, 9.17) is 10.7 Å². The van der Waals surface area contributed by atoms with E-state index < -0.39 is 0 Å². The van der Waals surface area contributed by atoms with Crippen molar-refractivity contribution >= 4 is 16.7 Å². The molecular weight excluding hydrogens is 246 g/mol. The van der Waals surface area contributed by atoms with Crippen LogP contribution in [-0.4, -0.2) is 9.55 Å². The van der Waals surface area contributed by atoms with Gasteiger partial charge in [0.2, 0.25) is 0 Å². The fraction of sp³-hybridized carbons (Fsp3) is 0.235. The predicted molar refractivity (Wildman–Crippen MR) is 84.0 cm³/mol. The molecule has 0 radical (unpaired) electrons. The smallest absolute Gasteiger partial charge is 0.114 e. The van der Waals surface area contributed by atoms with Gasteiger partial charge < -0.3 is 5.73 Å². The van der Waals surface area contributed by atoms with E-state index in [-0.39, 0.29) is 0 Å². The minimum atomic E-state index is 0.562. The molecule has 1 aromatic heterocycles. The summed E-state index contributed by atoms with van der Waals surface area (Å²) in [5, 5.41) is 0. The summed E-state index contributed by atoms with van der Waals surface area (Å²) in [6.07, 6.45) is 0.948. The van der Waals surface area contributed by atoms with Crippen molar-refractivity contribution in [2.45, 2.75) is 20.3 Å². The molecule has 0 aliphatic rings. The van der Waals surface area contributed by atoms with Crippen LogP contribution in [0.3, 0.4) is 0 Å². The number of benzene rings is 2. The maximum atomic E-state index is 5.87. The number of hydrogen-bond acceptors (Lipinski definition) is 2. The molecule has 0 saturated carbocycles. The van der Waals surface area contributed by atoms with Gasteiger partial charge in [0.05, 0.1) is 11.0 Å². The Labute approximate surface area is 119 Å². The van der Waals surface area contributed by atoms with Crippen LogP contribution >= 0.6 is 0 Å². The molecule has 3 nitrogen and oxygen atoms in total. The molecule has 102 valence electrons. The van der Waals surface area contributed by atoms with Crippen LogP contribution in [0.15, 0.2) is 48.5 Å². The normalized spacial score (nSPS) is 11.3. The van der Waals surface area contributed by atoms with Crippen molar-refractivity contribution in [1.29, 1.82) is 0 Å². The third kappa shape index (κ3) is 2.27. The Morgan fingerprint density at radius 2 is 1.85 bits per heavy atom. The van der Waals surface area contributed by atoms with Gasteiger partial charge in [-0.25, -0.2) is 4.98 Å². The SMILES string of the molecule is CC(C)Cc1nc2cc(N)ccc2n1-c1ccccc1. The molecule has 3 aromatic rings. The van der Waals surface area contributed by atoms with Crippen molar-refractivity contribution < 1.29 is 0 Å². The number of nitrogen functional groups attached to an aromatic ring is 1. The molecule has 0 bridgehead atoms. The Bertz CT molecular complexity index is 727. The molecule has 0 aliphatic heterocycles. The van der Waals surface area contributed by atoms with Gasteiger partial charge in [0.1, 0.15) is 5.82 Å². The quantitative estimate of drug-likeness (QED) is 0.732. The van der Waals surface area contributed by atoms with E-state index in [1.54, 1.807) is 0 Å². The Balaban J connectivity index is 2.26. The lowest BCUT2D eigenvalue weighted by molar-refractivity contribution is 0.616. The van der Waals surface area contributed by atoms with Gasteiger partial charge in [0.15, 0.2) is 0 Å². The standard InChI is InChI=1S/C17H19N3/c1-12(2)10-17-19-15-11-13(18)8-9-16(15)20(17)14-6-4-3-5-7-14/h3-9,11-12H,10,18H2,1-2H3. The van der Waals surface area contributed by atoms with Gasteiger partial charge in [-0.1, -0.05) is 32.0 Å². The predicted octanol–water partition coefficient (Wildman–Crippen LogP) is 3.81. The van der Waals surface area contributed by atoms with E-state index in [0.29, 0.717) is 5.92 Å². The van der Waals surface area contributed by atoms with Gasteiger partial charge >= 0.3 is 0 Å². The lowest BCUT2D eigenvalue weighted by Crippen LogP contribution is -2.04. The van der Waals surface area contributed by atoms with Gasteiger partial charge in [-0.15, -0.1) is 0 Å². The number of para-hydroxylation sites is 1. The highest BCUT2D eigenvalue weighted by atomic mass is 15.1. The zero-order valence-corrected chi connectivity index (χ0v) is 11.9. The molecular formula is C17H19N3. The van der Waals surface area contributed by atoms with Crippen LogP contribution in [0.4, 0.5) is 5.69 Å². The highest BCUT2D eigenvalue weighted by Crippen LogP contribution is 2.24. The summed E-state index contributed by atoms with van der Waals surface area (Å²) in [6.45, 7) is 4.42. The molecule has 0 saturated heterocycles. The van der Waals surface area contributed by atoms with E-state index in [1.807, 2.05) is 18.2 Å². The zero-order chi connectivity index (χ0) is 14.1. The summed E-state index contributed by atoms with van der Waals surface area (Å²) in [4.78, 5) is 4.77. The van der Waals surface area contributed by atoms with Crippen LogP contribution in [0.25, 0.3) is 16.7 Å². The number of nitrogens with two attached hydrogens (primary N) is 1. The minimum absolute atomic E-state index is 0.562. The first-order valence-corrected chi connectivity index (χ1v) is 6.97. The van der Waals surface area contributed by atoms with E-state index in [0.717, 1.165) is 34.7 Å². The third-order valence-electron chi connectivity index (χ3n) is 3.35. The number of nitrogens with zero attached hydrogens (tertiary/aromatic N) is 2. The average Bonchev–Trinajstić information content (AvgIpc) is 2.75. The monoisotopic (exact) mass is 265 g/mol. The lowest BCUT2D eigenvalue weighted by atomic mass is 10.1. The topological polar surface area (TPSA) is 43.8 Å². The number of imidazole rings is 1. The van der Waals surface area contributed by atoms with Gasteiger partial charge in [-0.05, 0) is 36.2 Å². The molecule has 0 fully saturated rings. The van der Waals surface area contributed by atoms with Crippen LogP contribution in [-0.2, 0) is 6.42 Å². The van der Waals surface area contributed by atoms with Crippen LogP contribution < -0.4 is 5.73 Å². The van der Waals surface area contributed by atoms with Crippen molar-refractivity contribution in [1.82, 2.24) is 9.55 Å². The summed E-state index contributed by atoms with van der Waals surface area (Å²) in [7, 11) is 0. The molecule has 0 aliphatic carbocycles. The summed E-state index contributed by atoms with van der Waals surface area (Å²) >= 11 is 0.